The molecule has 0 radical (unpaired) electrons. The number of rotatable bonds is 4. The molecule has 2 fully saturated rings. The van der Waals surface area contributed by atoms with Crippen LogP contribution >= 0.6 is 0 Å². The lowest BCUT2D eigenvalue weighted by molar-refractivity contribution is -0.184. The van der Waals surface area contributed by atoms with Crippen molar-refractivity contribution in [3.05, 3.63) is 65.5 Å². The van der Waals surface area contributed by atoms with Crippen LogP contribution in [0, 0.1) is 11.2 Å². The van der Waals surface area contributed by atoms with Gasteiger partial charge in [0, 0.05) is 24.7 Å². The summed E-state index contributed by atoms with van der Waals surface area (Å²) in [5, 5.41) is 0. The highest BCUT2D eigenvalue weighted by atomic mass is 19.1. The second kappa shape index (κ2) is 7.74. The molecular weight excluding hydrogens is 383 g/mol. The molecule has 2 saturated heterocycles. The Kier molecular flexibility index (Phi) is 5.26. The summed E-state index contributed by atoms with van der Waals surface area (Å²) < 4.78 is 19.0. The van der Waals surface area contributed by atoms with E-state index in [4.69, 9.17) is 4.74 Å². The maximum absolute atomic E-state index is 14.0. The summed E-state index contributed by atoms with van der Waals surface area (Å²) >= 11 is 0. The van der Waals surface area contributed by atoms with Crippen LogP contribution in [0.3, 0.4) is 0 Å². The van der Waals surface area contributed by atoms with Gasteiger partial charge in [0.1, 0.15) is 0 Å². The summed E-state index contributed by atoms with van der Waals surface area (Å²) in [5.74, 6) is -0.476. The van der Waals surface area contributed by atoms with Crippen LogP contribution in [0.25, 0.3) is 0 Å². The Labute approximate surface area is 176 Å². The maximum Gasteiger partial charge on any atom is 0.253 e. The summed E-state index contributed by atoms with van der Waals surface area (Å²) in [4.78, 5) is 29.8. The molecular formula is C24H27FN2O3. The van der Waals surface area contributed by atoms with E-state index < -0.39 is 11.2 Å². The molecule has 2 heterocycles. The topological polar surface area (TPSA) is 49.9 Å². The minimum atomic E-state index is -0.553. The quantitative estimate of drug-likeness (QED) is 0.715. The molecule has 0 saturated carbocycles. The van der Waals surface area contributed by atoms with Crippen molar-refractivity contribution in [3.63, 3.8) is 0 Å². The predicted molar refractivity (Wildman–Crippen MR) is 112 cm³/mol. The molecule has 1 unspecified atom stereocenters. The molecule has 2 aliphatic rings. The highest BCUT2D eigenvalue weighted by molar-refractivity contribution is 5.95. The van der Waals surface area contributed by atoms with E-state index in [9.17, 15) is 14.0 Å². The van der Waals surface area contributed by atoms with Gasteiger partial charge in [0.05, 0.1) is 18.6 Å². The molecule has 0 aliphatic carbocycles. The van der Waals surface area contributed by atoms with E-state index in [0.717, 1.165) is 5.56 Å². The molecule has 0 N–H and O–H groups in total. The normalized spacial score (nSPS) is 20.4. The molecule has 2 aromatic carbocycles. The van der Waals surface area contributed by atoms with Crippen molar-refractivity contribution in [3.8, 4) is 5.75 Å². The zero-order valence-electron chi connectivity index (χ0n) is 17.6. The average molecular weight is 410 g/mol. The predicted octanol–water partition coefficient (Wildman–Crippen LogP) is 4.05. The smallest absolute Gasteiger partial charge is 0.253 e. The van der Waals surface area contributed by atoms with Gasteiger partial charge >= 0.3 is 0 Å². The van der Waals surface area contributed by atoms with Crippen molar-refractivity contribution in [2.75, 3.05) is 20.2 Å². The fourth-order valence-electron chi connectivity index (χ4n) is 4.92. The van der Waals surface area contributed by atoms with Crippen LogP contribution < -0.4 is 4.74 Å². The summed E-state index contributed by atoms with van der Waals surface area (Å²) in [6.07, 6.45) is 1.22. The SMILES string of the molecule is COc1ccc(C(=O)N2CCC3(CC2)C(=O)N(C(C)C)C3c2ccccc2)cc1F. The van der Waals surface area contributed by atoms with E-state index in [2.05, 4.69) is 12.1 Å². The highest BCUT2D eigenvalue weighted by Crippen LogP contribution is 2.56. The summed E-state index contributed by atoms with van der Waals surface area (Å²) in [7, 11) is 1.39. The zero-order valence-corrected chi connectivity index (χ0v) is 17.6. The number of halogens is 1. The van der Waals surface area contributed by atoms with Crippen LogP contribution in [0.1, 0.15) is 48.7 Å². The van der Waals surface area contributed by atoms with Gasteiger partial charge in [-0.2, -0.15) is 0 Å². The van der Waals surface area contributed by atoms with Crippen LogP contribution in [0.15, 0.2) is 48.5 Å². The number of hydrogen-bond donors (Lipinski definition) is 0. The van der Waals surface area contributed by atoms with Crippen molar-refractivity contribution in [2.24, 2.45) is 5.41 Å². The number of carbonyl (C=O) groups excluding carboxylic acids is 2. The van der Waals surface area contributed by atoms with Crippen molar-refractivity contribution in [1.29, 1.82) is 0 Å². The van der Waals surface area contributed by atoms with Crippen molar-refractivity contribution >= 4 is 11.8 Å². The van der Waals surface area contributed by atoms with Crippen molar-refractivity contribution in [1.82, 2.24) is 9.80 Å². The fraction of sp³-hybridized carbons (Fsp3) is 0.417. The standard InChI is InChI=1S/C24H27FN2O3/c1-16(2)27-21(17-7-5-4-6-8-17)24(23(27)29)11-13-26(14-12-24)22(28)18-9-10-20(30-3)19(25)15-18/h4-10,15-16,21H,11-14H2,1-3H3. The minimum absolute atomic E-state index is 0.0295. The van der Waals surface area contributed by atoms with E-state index in [0.29, 0.717) is 31.5 Å². The largest absolute Gasteiger partial charge is 0.494 e. The number of methoxy groups -OCH3 is 1. The first-order valence-electron chi connectivity index (χ1n) is 10.4. The Morgan fingerprint density at radius 2 is 1.80 bits per heavy atom. The second-order valence-electron chi connectivity index (χ2n) is 8.42. The number of carbonyl (C=O) groups is 2. The molecule has 0 aromatic heterocycles. The molecule has 1 atom stereocenters. The number of β-lactam (4-membered cyclic amide) rings is 1. The lowest BCUT2D eigenvalue weighted by Gasteiger charge is -2.60. The average Bonchev–Trinajstić information content (AvgIpc) is 2.76. The summed E-state index contributed by atoms with van der Waals surface area (Å²) in [6, 6.07) is 14.5. The summed E-state index contributed by atoms with van der Waals surface area (Å²) in [5.41, 5.74) is 0.975. The number of benzene rings is 2. The molecule has 6 heteroatoms. The van der Waals surface area contributed by atoms with Gasteiger partial charge in [0.15, 0.2) is 11.6 Å². The molecule has 1 spiro atoms. The number of hydrogen-bond acceptors (Lipinski definition) is 3. The Balaban J connectivity index is 1.53. The Morgan fingerprint density at radius 3 is 2.37 bits per heavy atom. The molecule has 158 valence electrons. The van der Waals surface area contributed by atoms with E-state index in [1.54, 1.807) is 11.0 Å². The van der Waals surface area contributed by atoms with E-state index in [1.807, 2.05) is 36.9 Å². The number of piperidine rings is 1. The molecule has 4 rings (SSSR count). The molecule has 2 amide bonds. The van der Waals surface area contributed by atoms with E-state index >= 15 is 0 Å². The zero-order chi connectivity index (χ0) is 21.5. The number of amides is 2. The first-order valence-corrected chi connectivity index (χ1v) is 10.4. The molecule has 30 heavy (non-hydrogen) atoms. The third-order valence-corrected chi connectivity index (χ3v) is 6.48. The number of nitrogens with zero attached hydrogens (tertiary/aromatic N) is 2. The van der Waals surface area contributed by atoms with Gasteiger partial charge in [-0.25, -0.2) is 4.39 Å². The van der Waals surface area contributed by atoms with Gasteiger partial charge in [0.2, 0.25) is 5.91 Å². The monoisotopic (exact) mass is 410 g/mol. The van der Waals surface area contributed by atoms with Crippen molar-refractivity contribution in [2.45, 2.75) is 38.8 Å². The molecule has 5 nitrogen and oxygen atoms in total. The van der Waals surface area contributed by atoms with Crippen LogP contribution in [-0.4, -0.2) is 47.9 Å². The van der Waals surface area contributed by atoms with Gasteiger partial charge in [-0.05, 0) is 50.5 Å². The lowest BCUT2D eigenvalue weighted by Crippen LogP contribution is -2.68. The summed E-state index contributed by atoms with van der Waals surface area (Å²) in [6.45, 7) is 5.04. The third kappa shape index (κ3) is 3.15. The molecule has 2 aromatic rings. The van der Waals surface area contributed by atoms with Crippen LogP contribution in [0.5, 0.6) is 5.75 Å². The maximum atomic E-state index is 14.0. The fourth-order valence-corrected chi connectivity index (χ4v) is 4.92. The van der Waals surface area contributed by atoms with E-state index in [-0.39, 0.29) is 29.6 Å². The second-order valence-corrected chi connectivity index (χ2v) is 8.42. The van der Waals surface area contributed by atoms with Crippen LogP contribution in [0.2, 0.25) is 0 Å². The highest BCUT2D eigenvalue weighted by Gasteiger charge is 2.62. The first-order chi connectivity index (χ1) is 14.4. The van der Waals surface area contributed by atoms with Gasteiger partial charge in [-0.1, -0.05) is 30.3 Å². The first kappa shape index (κ1) is 20.4. The van der Waals surface area contributed by atoms with Crippen LogP contribution in [0.4, 0.5) is 4.39 Å². The van der Waals surface area contributed by atoms with Gasteiger partial charge in [-0.3, -0.25) is 9.59 Å². The van der Waals surface area contributed by atoms with Gasteiger partial charge in [-0.15, -0.1) is 0 Å². The van der Waals surface area contributed by atoms with Crippen LogP contribution in [-0.2, 0) is 4.79 Å². The van der Waals surface area contributed by atoms with Gasteiger partial charge < -0.3 is 14.5 Å². The minimum Gasteiger partial charge on any atom is -0.494 e. The third-order valence-electron chi connectivity index (χ3n) is 6.48. The van der Waals surface area contributed by atoms with E-state index in [1.165, 1.54) is 19.2 Å². The number of ether oxygens (including phenoxy) is 1. The number of likely N-dealkylation sites (tertiary alicyclic amines) is 2. The van der Waals surface area contributed by atoms with Gasteiger partial charge in [0.25, 0.3) is 5.91 Å². The lowest BCUT2D eigenvalue weighted by atomic mass is 9.61. The Morgan fingerprint density at radius 1 is 1.13 bits per heavy atom. The molecule has 2 aliphatic heterocycles. The Hall–Kier alpha value is -2.89. The molecule has 0 bridgehead atoms. The van der Waals surface area contributed by atoms with Crippen molar-refractivity contribution < 1.29 is 18.7 Å². The Bertz CT molecular complexity index is 952.